The topological polar surface area (TPSA) is 117 Å². The van der Waals surface area contributed by atoms with Crippen molar-refractivity contribution in [3.05, 3.63) is 47.2 Å². The van der Waals surface area contributed by atoms with Gasteiger partial charge in [-0.15, -0.1) is 0 Å². The van der Waals surface area contributed by atoms with E-state index in [1.165, 1.54) is 6.20 Å². The average Bonchev–Trinajstić information content (AvgIpc) is 3.10. The highest BCUT2D eigenvalue weighted by atomic mass is 16.2. The molecule has 0 unspecified atom stereocenters. The molecular formula is C21H23N5O3. The third kappa shape index (κ3) is 3.65. The molecule has 2 aliphatic heterocycles. The largest absolute Gasteiger partial charge is 0.383 e. The third-order valence-electron chi connectivity index (χ3n) is 5.52. The molecule has 2 aromatic rings. The van der Waals surface area contributed by atoms with Gasteiger partial charge in [-0.2, -0.15) is 0 Å². The summed E-state index contributed by atoms with van der Waals surface area (Å²) in [5, 5.41) is 5.47. The van der Waals surface area contributed by atoms with Crippen molar-refractivity contribution in [3.63, 3.8) is 0 Å². The number of piperidine rings is 1. The Balaban J connectivity index is 1.57. The van der Waals surface area contributed by atoms with Crippen molar-refractivity contribution in [2.45, 2.75) is 38.6 Å². The summed E-state index contributed by atoms with van der Waals surface area (Å²) < 4.78 is 0. The van der Waals surface area contributed by atoms with Gasteiger partial charge < -0.3 is 21.3 Å². The zero-order valence-electron chi connectivity index (χ0n) is 16.2. The molecule has 2 aliphatic rings. The minimum atomic E-state index is -0.704. The fraction of sp³-hybridized carbons (Fsp3) is 0.333. The van der Waals surface area contributed by atoms with Crippen molar-refractivity contribution in [1.82, 2.24) is 9.88 Å². The highest BCUT2D eigenvalue weighted by molar-refractivity contribution is 6.39. The van der Waals surface area contributed by atoms with Crippen LogP contribution in [0.25, 0.3) is 0 Å². The molecule has 150 valence electrons. The van der Waals surface area contributed by atoms with E-state index < -0.39 is 11.8 Å². The maximum Gasteiger partial charge on any atom is 0.313 e. The number of fused-ring (bicyclic) bond motifs is 1. The number of nitrogens with zero attached hydrogens (tertiary/aromatic N) is 2. The summed E-state index contributed by atoms with van der Waals surface area (Å²) in [4.78, 5) is 43.1. The quantitative estimate of drug-likeness (QED) is 0.676. The molecule has 0 spiro atoms. The molecule has 29 heavy (non-hydrogen) atoms. The van der Waals surface area contributed by atoms with Gasteiger partial charge in [-0.1, -0.05) is 12.1 Å². The molecule has 3 heterocycles. The first kappa shape index (κ1) is 18.9. The Labute approximate surface area is 168 Å². The van der Waals surface area contributed by atoms with Crippen LogP contribution >= 0.6 is 0 Å². The van der Waals surface area contributed by atoms with Crippen LogP contribution in [0.2, 0.25) is 0 Å². The van der Waals surface area contributed by atoms with E-state index >= 15 is 0 Å². The van der Waals surface area contributed by atoms with Gasteiger partial charge in [0.2, 0.25) is 5.91 Å². The zero-order chi connectivity index (χ0) is 20.5. The van der Waals surface area contributed by atoms with E-state index in [2.05, 4.69) is 15.6 Å². The van der Waals surface area contributed by atoms with Crippen LogP contribution in [-0.4, -0.2) is 34.2 Å². The second kappa shape index (κ2) is 7.54. The van der Waals surface area contributed by atoms with Gasteiger partial charge in [-0.05, 0) is 55.0 Å². The average molecular weight is 393 g/mol. The minimum Gasteiger partial charge on any atom is -0.383 e. The van der Waals surface area contributed by atoms with Gasteiger partial charge in [0, 0.05) is 12.2 Å². The first-order valence-electron chi connectivity index (χ1n) is 9.69. The fourth-order valence-electron chi connectivity index (χ4n) is 4.05. The van der Waals surface area contributed by atoms with E-state index in [1.54, 1.807) is 17.9 Å². The van der Waals surface area contributed by atoms with E-state index in [0.29, 0.717) is 24.5 Å². The molecular weight excluding hydrogens is 370 g/mol. The predicted molar refractivity (Wildman–Crippen MR) is 109 cm³/mol. The molecule has 4 N–H and O–H groups in total. The Bertz CT molecular complexity index is 1000. The van der Waals surface area contributed by atoms with Crippen LogP contribution in [-0.2, 0) is 20.8 Å². The van der Waals surface area contributed by atoms with Crippen LogP contribution in [0.15, 0.2) is 30.5 Å². The second-order valence-corrected chi connectivity index (χ2v) is 7.49. The van der Waals surface area contributed by atoms with Crippen LogP contribution < -0.4 is 16.4 Å². The standard InChI is InChI=1S/C21H23N5O3/c1-12-9-13(11-23-19(12)22)24-20(28)21(29)26-8-3-2-7-17(26)14-5-4-6-16-15(14)10-18(27)25-16/h4-6,9,11,17H,2-3,7-8,10H2,1H3,(H2,22,23)(H,24,28)(H,25,27)/t17-/m0/s1. The maximum atomic E-state index is 13.0. The van der Waals surface area contributed by atoms with Crippen LogP contribution in [0.3, 0.4) is 0 Å². The molecule has 1 fully saturated rings. The molecule has 0 saturated carbocycles. The molecule has 0 radical (unpaired) electrons. The summed E-state index contributed by atoms with van der Waals surface area (Å²) in [5.41, 5.74) is 9.50. The Kier molecular flexibility index (Phi) is 4.92. The number of benzene rings is 1. The summed E-state index contributed by atoms with van der Waals surface area (Å²) in [5.74, 6) is -0.958. The lowest BCUT2D eigenvalue weighted by Crippen LogP contribution is -2.44. The van der Waals surface area contributed by atoms with Gasteiger partial charge in [0.15, 0.2) is 0 Å². The van der Waals surface area contributed by atoms with E-state index in [1.807, 2.05) is 18.2 Å². The highest BCUT2D eigenvalue weighted by Crippen LogP contribution is 2.37. The molecule has 1 atom stereocenters. The number of amides is 3. The first-order valence-corrected chi connectivity index (χ1v) is 9.69. The maximum absolute atomic E-state index is 13.0. The lowest BCUT2D eigenvalue weighted by Gasteiger charge is -2.36. The van der Waals surface area contributed by atoms with Gasteiger partial charge in [0.1, 0.15) is 5.82 Å². The van der Waals surface area contributed by atoms with Gasteiger partial charge in [0.25, 0.3) is 0 Å². The van der Waals surface area contributed by atoms with E-state index in [0.717, 1.165) is 41.6 Å². The number of pyridine rings is 1. The van der Waals surface area contributed by atoms with Crippen molar-refractivity contribution in [2.75, 3.05) is 22.9 Å². The molecule has 4 rings (SSSR count). The summed E-state index contributed by atoms with van der Waals surface area (Å²) >= 11 is 0. The molecule has 0 bridgehead atoms. The molecule has 1 aromatic heterocycles. The predicted octanol–water partition coefficient (Wildman–Crippen LogP) is 2.16. The first-order chi connectivity index (χ1) is 13.9. The van der Waals surface area contributed by atoms with E-state index in [4.69, 9.17) is 5.73 Å². The van der Waals surface area contributed by atoms with Crippen molar-refractivity contribution < 1.29 is 14.4 Å². The molecule has 3 amide bonds. The lowest BCUT2D eigenvalue weighted by atomic mass is 9.90. The van der Waals surface area contributed by atoms with Gasteiger partial charge in [-0.25, -0.2) is 4.98 Å². The number of carbonyl (C=O) groups is 3. The summed E-state index contributed by atoms with van der Waals surface area (Å²) in [6, 6.07) is 7.14. The zero-order valence-corrected chi connectivity index (χ0v) is 16.2. The molecule has 1 aromatic carbocycles. The number of rotatable bonds is 2. The third-order valence-corrected chi connectivity index (χ3v) is 5.52. The highest BCUT2D eigenvalue weighted by Gasteiger charge is 2.34. The van der Waals surface area contributed by atoms with Gasteiger partial charge >= 0.3 is 11.8 Å². The Hall–Kier alpha value is -3.42. The summed E-state index contributed by atoms with van der Waals surface area (Å²) in [6.45, 7) is 2.28. The Morgan fingerprint density at radius 2 is 2.14 bits per heavy atom. The number of nitrogens with one attached hydrogen (secondary N) is 2. The second-order valence-electron chi connectivity index (χ2n) is 7.49. The van der Waals surface area contributed by atoms with Crippen LogP contribution in [0.1, 0.15) is 42.0 Å². The molecule has 0 aliphatic carbocycles. The monoisotopic (exact) mass is 393 g/mol. The number of carbonyl (C=O) groups excluding carboxylic acids is 3. The number of nitrogen functional groups attached to an aromatic ring is 1. The lowest BCUT2D eigenvalue weighted by molar-refractivity contribution is -0.145. The van der Waals surface area contributed by atoms with Crippen molar-refractivity contribution >= 4 is 34.9 Å². The summed E-state index contributed by atoms with van der Waals surface area (Å²) in [6.07, 6.45) is 4.29. The van der Waals surface area contributed by atoms with E-state index in [-0.39, 0.29) is 11.9 Å². The molecule has 1 saturated heterocycles. The number of likely N-dealkylation sites (tertiary alicyclic amines) is 1. The normalized spacial score (nSPS) is 18.2. The SMILES string of the molecule is Cc1cc(NC(=O)C(=O)N2CCCC[C@H]2c2cccc3c2CC(=O)N3)cnc1N. The number of aryl methyl sites for hydroxylation is 1. The Morgan fingerprint density at radius 1 is 1.31 bits per heavy atom. The fourth-order valence-corrected chi connectivity index (χ4v) is 4.05. The van der Waals surface area contributed by atoms with Crippen molar-refractivity contribution in [1.29, 1.82) is 0 Å². The molecule has 8 nitrogen and oxygen atoms in total. The number of nitrogens with two attached hydrogens (primary N) is 1. The van der Waals surface area contributed by atoms with Crippen LogP contribution in [0.4, 0.5) is 17.2 Å². The van der Waals surface area contributed by atoms with Gasteiger partial charge in [-0.3, -0.25) is 14.4 Å². The molecule has 8 heteroatoms. The van der Waals surface area contributed by atoms with Crippen molar-refractivity contribution in [2.24, 2.45) is 0 Å². The van der Waals surface area contributed by atoms with Crippen LogP contribution in [0.5, 0.6) is 0 Å². The van der Waals surface area contributed by atoms with E-state index in [9.17, 15) is 14.4 Å². The number of hydrogen-bond acceptors (Lipinski definition) is 5. The van der Waals surface area contributed by atoms with Crippen molar-refractivity contribution in [3.8, 4) is 0 Å². The number of aromatic nitrogens is 1. The van der Waals surface area contributed by atoms with Crippen LogP contribution in [0, 0.1) is 6.92 Å². The minimum absolute atomic E-state index is 0.0508. The number of anilines is 3. The summed E-state index contributed by atoms with van der Waals surface area (Å²) in [7, 11) is 0. The number of hydrogen-bond donors (Lipinski definition) is 3. The van der Waals surface area contributed by atoms with Gasteiger partial charge in [0.05, 0.1) is 24.3 Å². The smallest absolute Gasteiger partial charge is 0.313 e. The Morgan fingerprint density at radius 3 is 2.93 bits per heavy atom.